The van der Waals surface area contributed by atoms with E-state index in [1.165, 1.54) is 55.0 Å². The predicted octanol–water partition coefficient (Wildman–Crippen LogP) is 5.23. The number of nitrogens with zero attached hydrogens (tertiary/aromatic N) is 5. The Morgan fingerprint density at radius 3 is 2.49 bits per heavy atom. The second-order valence-corrected chi connectivity index (χ2v) is 12.3. The zero-order valence-corrected chi connectivity index (χ0v) is 23.6. The van der Waals surface area contributed by atoms with E-state index in [2.05, 4.69) is 25.4 Å². The smallest absolute Gasteiger partial charge is 0.251 e. The van der Waals surface area contributed by atoms with Crippen molar-refractivity contribution in [3.63, 3.8) is 0 Å². The van der Waals surface area contributed by atoms with Crippen LogP contribution in [0.5, 0.6) is 11.5 Å². The van der Waals surface area contributed by atoms with Gasteiger partial charge in [-0.15, -0.1) is 0 Å². The number of hydrogen-bond donors (Lipinski definition) is 1. The van der Waals surface area contributed by atoms with Crippen LogP contribution in [0.1, 0.15) is 31.9 Å². The Labute approximate surface area is 236 Å². The highest BCUT2D eigenvalue weighted by molar-refractivity contribution is 7.91. The zero-order valence-electron chi connectivity index (χ0n) is 22.8. The van der Waals surface area contributed by atoms with Gasteiger partial charge in [0.15, 0.2) is 11.6 Å². The fraction of sp³-hybridized carbons (Fsp3) is 0.207. The molecule has 0 unspecified atom stereocenters. The minimum Gasteiger partial charge on any atom is -0.453 e. The maximum Gasteiger partial charge on any atom is 0.251 e. The first-order valence-corrected chi connectivity index (χ1v) is 14.1. The van der Waals surface area contributed by atoms with Crippen molar-refractivity contribution in [2.75, 3.05) is 5.32 Å². The molecule has 3 heterocycles. The van der Waals surface area contributed by atoms with E-state index in [0.717, 1.165) is 0 Å². The van der Waals surface area contributed by atoms with Gasteiger partial charge < -0.3 is 10.1 Å². The molecule has 0 spiro atoms. The molecule has 0 saturated carbocycles. The molecule has 3 aromatic heterocycles. The summed E-state index contributed by atoms with van der Waals surface area (Å²) in [5.41, 5.74) is 1.69. The van der Waals surface area contributed by atoms with Gasteiger partial charge in [-0.25, -0.2) is 22.8 Å². The lowest BCUT2D eigenvalue weighted by Gasteiger charge is -2.18. The number of amides is 1. The van der Waals surface area contributed by atoms with Crippen molar-refractivity contribution in [1.82, 2.24) is 24.7 Å². The largest absolute Gasteiger partial charge is 0.453 e. The van der Waals surface area contributed by atoms with Gasteiger partial charge in [0.1, 0.15) is 5.75 Å². The summed E-state index contributed by atoms with van der Waals surface area (Å²) in [6.45, 7) is 7.65. The fourth-order valence-electron chi connectivity index (χ4n) is 4.17. The van der Waals surface area contributed by atoms with Gasteiger partial charge in [0.25, 0.3) is 5.16 Å². The summed E-state index contributed by atoms with van der Waals surface area (Å²) in [5, 5.41) is 7.07. The summed E-state index contributed by atoms with van der Waals surface area (Å²) < 4.78 is 49.1. The molecule has 10 nitrogen and oxygen atoms in total. The molecule has 41 heavy (non-hydrogen) atoms. The number of benzene rings is 2. The first kappa shape index (κ1) is 27.8. The molecule has 5 aromatic rings. The summed E-state index contributed by atoms with van der Waals surface area (Å²) in [5.74, 6) is -0.820. The van der Waals surface area contributed by atoms with E-state index >= 15 is 4.39 Å². The van der Waals surface area contributed by atoms with Crippen LogP contribution in [0.25, 0.3) is 10.9 Å². The number of halogens is 1. The molecule has 1 amide bonds. The van der Waals surface area contributed by atoms with Gasteiger partial charge in [0, 0.05) is 30.2 Å². The second-order valence-electron chi connectivity index (χ2n) is 10.4. The fourth-order valence-corrected chi connectivity index (χ4v) is 5.30. The minimum atomic E-state index is -4.01. The van der Waals surface area contributed by atoms with E-state index in [0.29, 0.717) is 27.7 Å². The number of anilines is 1. The molecule has 0 aliphatic heterocycles. The van der Waals surface area contributed by atoms with E-state index in [9.17, 15) is 13.2 Å². The second kappa shape index (κ2) is 10.7. The number of nitrogens with one attached hydrogen (secondary N) is 1. The maximum absolute atomic E-state index is 15.3. The molecule has 0 atom stereocenters. The molecule has 0 radical (unpaired) electrons. The number of carbonyl (C=O) groups is 1. The van der Waals surface area contributed by atoms with Crippen molar-refractivity contribution >= 4 is 32.3 Å². The Kier molecular flexibility index (Phi) is 7.26. The average Bonchev–Trinajstić information content (AvgIpc) is 3.40. The van der Waals surface area contributed by atoms with E-state index in [1.807, 2.05) is 20.8 Å². The summed E-state index contributed by atoms with van der Waals surface area (Å²) in [4.78, 5) is 24.6. The van der Waals surface area contributed by atoms with Crippen LogP contribution in [0.2, 0.25) is 0 Å². The number of aryl methyl sites for hydroxylation is 1. The van der Waals surface area contributed by atoms with Gasteiger partial charge in [0.2, 0.25) is 15.7 Å². The SMILES string of the molecule is Cc1cc(CC(=O)Nc2cnn(C(C)(C)C)c2)cc(F)c1Oc1ccnc2ccc(S(=O)(=O)c3ncccn3)cc12. The van der Waals surface area contributed by atoms with Gasteiger partial charge in [-0.05, 0) is 75.2 Å². The van der Waals surface area contributed by atoms with E-state index in [1.54, 1.807) is 30.1 Å². The average molecular weight is 575 g/mol. The number of fused-ring (bicyclic) bond motifs is 1. The van der Waals surface area contributed by atoms with Crippen LogP contribution in [0.15, 0.2) is 83.5 Å². The van der Waals surface area contributed by atoms with Crippen molar-refractivity contribution in [1.29, 1.82) is 0 Å². The lowest BCUT2D eigenvalue weighted by molar-refractivity contribution is -0.115. The van der Waals surface area contributed by atoms with Crippen molar-refractivity contribution in [3.8, 4) is 11.5 Å². The lowest BCUT2D eigenvalue weighted by atomic mass is 10.1. The third kappa shape index (κ3) is 5.92. The number of aromatic nitrogens is 5. The van der Waals surface area contributed by atoms with Crippen molar-refractivity contribution in [2.45, 2.75) is 49.7 Å². The van der Waals surface area contributed by atoms with Gasteiger partial charge in [-0.2, -0.15) is 5.10 Å². The Balaban J connectivity index is 1.38. The molecular formula is C29H27FN6O4S. The van der Waals surface area contributed by atoms with Gasteiger partial charge >= 0.3 is 0 Å². The number of ether oxygens (including phenoxy) is 1. The molecule has 1 N–H and O–H groups in total. The molecule has 0 aliphatic carbocycles. The van der Waals surface area contributed by atoms with Crippen molar-refractivity contribution < 1.29 is 22.3 Å². The highest BCUT2D eigenvalue weighted by Gasteiger charge is 2.22. The molecule has 5 rings (SSSR count). The van der Waals surface area contributed by atoms with Gasteiger partial charge in [-0.1, -0.05) is 6.07 Å². The summed E-state index contributed by atoms with van der Waals surface area (Å²) in [6, 6.07) is 10.3. The van der Waals surface area contributed by atoms with Crippen molar-refractivity contribution in [2.24, 2.45) is 0 Å². The predicted molar refractivity (Wildman–Crippen MR) is 150 cm³/mol. The first-order valence-electron chi connectivity index (χ1n) is 12.6. The monoisotopic (exact) mass is 574 g/mol. The topological polar surface area (TPSA) is 129 Å². The standard InChI is InChI=1S/C29H27FN6O4S/c1-18-12-19(14-26(37)35-20-16-34-36(17-20)29(2,3)4)13-23(30)27(18)40-25-8-11-31-24-7-6-21(15-22(24)25)41(38,39)28-32-9-5-10-33-28/h5-13,15-17H,14H2,1-4H3,(H,35,37). The van der Waals surface area contributed by atoms with Crippen LogP contribution in [0.4, 0.5) is 10.1 Å². The Morgan fingerprint density at radius 2 is 1.80 bits per heavy atom. The summed E-state index contributed by atoms with van der Waals surface area (Å²) >= 11 is 0. The number of pyridine rings is 1. The molecule has 0 saturated heterocycles. The Bertz CT molecular complexity index is 1840. The number of hydrogen-bond acceptors (Lipinski definition) is 8. The third-order valence-electron chi connectivity index (χ3n) is 6.19. The lowest BCUT2D eigenvalue weighted by Crippen LogP contribution is -2.22. The maximum atomic E-state index is 15.3. The Hall–Kier alpha value is -4.71. The van der Waals surface area contributed by atoms with Crippen LogP contribution >= 0.6 is 0 Å². The van der Waals surface area contributed by atoms with E-state index in [-0.39, 0.29) is 39.4 Å². The zero-order chi connectivity index (χ0) is 29.4. The van der Waals surface area contributed by atoms with Crippen LogP contribution in [-0.4, -0.2) is 39.1 Å². The molecule has 12 heteroatoms. The van der Waals surface area contributed by atoms with E-state index < -0.39 is 15.7 Å². The normalized spacial score (nSPS) is 11.9. The number of sulfone groups is 1. The molecule has 2 aromatic carbocycles. The van der Waals surface area contributed by atoms with Crippen LogP contribution < -0.4 is 10.1 Å². The molecule has 0 bridgehead atoms. The quantitative estimate of drug-likeness (QED) is 0.262. The van der Waals surface area contributed by atoms with Crippen LogP contribution in [0, 0.1) is 12.7 Å². The van der Waals surface area contributed by atoms with Gasteiger partial charge in [-0.3, -0.25) is 14.5 Å². The highest BCUT2D eigenvalue weighted by atomic mass is 32.2. The molecule has 0 fully saturated rings. The van der Waals surface area contributed by atoms with Crippen LogP contribution in [0.3, 0.4) is 0 Å². The van der Waals surface area contributed by atoms with Crippen molar-refractivity contribution in [3.05, 3.63) is 90.4 Å². The number of rotatable bonds is 7. The Morgan fingerprint density at radius 1 is 1.05 bits per heavy atom. The van der Waals surface area contributed by atoms with Gasteiger partial charge in [0.05, 0.1) is 34.3 Å². The minimum absolute atomic E-state index is 0.0484. The third-order valence-corrected chi connectivity index (χ3v) is 7.75. The first-order chi connectivity index (χ1) is 19.4. The number of carbonyl (C=O) groups excluding carboxylic acids is 1. The molecular weight excluding hydrogens is 547 g/mol. The highest BCUT2D eigenvalue weighted by Crippen LogP contribution is 2.35. The van der Waals surface area contributed by atoms with Crippen LogP contribution in [-0.2, 0) is 26.6 Å². The summed E-state index contributed by atoms with van der Waals surface area (Å²) in [6.07, 6.45) is 7.42. The van der Waals surface area contributed by atoms with E-state index in [4.69, 9.17) is 4.74 Å². The molecule has 210 valence electrons. The molecule has 0 aliphatic rings. The summed E-state index contributed by atoms with van der Waals surface area (Å²) in [7, 11) is -4.01.